The minimum Gasteiger partial charge on any atom is -0.320 e. The second kappa shape index (κ2) is 3.85. The molecule has 0 aliphatic heterocycles. The molecule has 5 heteroatoms. The van der Waals surface area contributed by atoms with E-state index in [2.05, 4.69) is 11.8 Å². The average molecular weight is 182 g/mol. The fourth-order valence-electron chi connectivity index (χ4n) is 0.631. The Morgan fingerprint density at radius 3 is 2.92 bits per heavy atom. The maximum atomic E-state index is 10.2. The van der Waals surface area contributed by atoms with Crippen LogP contribution in [0.2, 0.25) is 0 Å². The lowest BCUT2D eigenvalue weighted by molar-refractivity contribution is -0.380. The third-order valence-electron chi connectivity index (χ3n) is 1.09. The van der Waals surface area contributed by atoms with Gasteiger partial charge in [0.1, 0.15) is 0 Å². The molecule has 1 rings (SSSR count). The summed E-state index contributed by atoms with van der Waals surface area (Å²) < 4.78 is 0. The summed E-state index contributed by atoms with van der Waals surface area (Å²) in [7, 11) is 0. The molecule has 0 saturated carbocycles. The van der Waals surface area contributed by atoms with Crippen molar-refractivity contribution in [2.75, 3.05) is 6.54 Å². The van der Waals surface area contributed by atoms with Gasteiger partial charge in [0, 0.05) is 6.07 Å². The molecule has 0 fully saturated rings. The first-order chi connectivity index (χ1) is 5.74. The molecular weight excluding hydrogens is 176 g/mol. The summed E-state index contributed by atoms with van der Waals surface area (Å²) in [5, 5.41) is 10.3. The number of nitro groups is 1. The molecule has 0 spiro atoms. The van der Waals surface area contributed by atoms with Crippen molar-refractivity contribution < 1.29 is 4.92 Å². The molecule has 2 N–H and O–H groups in total. The molecule has 0 bridgehead atoms. The number of nitrogens with two attached hydrogens (primary N) is 1. The van der Waals surface area contributed by atoms with E-state index in [9.17, 15) is 10.1 Å². The van der Waals surface area contributed by atoms with Crippen LogP contribution in [-0.2, 0) is 0 Å². The van der Waals surface area contributed by atoms with Gasteiger partial charge in [-0.25, -0.2) is 0 Å². The maximum absolute atomic E-state index is 10.2. The van der Waals surface area contributed by atoms with Crippen LogP contribution in [0.5, 0.6) is 0 Å². The van der Waals surface area contributed by atoms with Gasteiger partial charge in [-0.1, -0.05) is 23.2 Å². The molecular formula is C7H6N2O2S. The molecule has 62 valence electrons. The van der Waals surface area contributed by atoms with Crippen LogP contribution in [0.3, 0.4) is 0 Å². The largest absolute Gasteiger partial charge is 0.325 e. The zero-order valence-corrected chi connectivity index (χ0v) is 6.93. The Morgan fingerprint density at radius 2 is 2.42 bits per heavy atom. The SMILES string of the molecule is NCC#Cc1ccc([N+](=O)[O-])s1. The van der Waals surface area contributed by atoms with Gasteiger partial charge in [0.15, 0.2) is 0 Å². The van der Waals surface area contributed by atoms with Crippen molar-refractivity contribution in [2.45, 2.75) is 0 Å². The van der Waals surface area contributed by atoms with Crippen LogP contribution in [0.15, 0.2) is 12.1 Å². The molecule has 0 aliphatic carbocycles. The molecule has 1 aromatic heterocycles. The van der Waals surface area contributed by atoms with E-state index in [0.29, 0.717) is 4.88 Å². The number of thiophene rings is 1. The van der Waals surface area contributed by atoms with Crippen LogP contribution in [0.25, 0.3) is 0 Å². The van der Waals surface area contributed by atoms with Gasteiger partial charge in [-0.05, 0) is 6.07 Å². The summed E-state index contributed by atoms with van der Waals surface area (Å²) in [6.45, 7) is 0.270. The highest BCUT2D eigenvalue weighted by Crippen LogP contribution is 2.22. The van der Waals surface area contributed by atoms with Gasteiger partial charge in [-0.2, -0.15) is 0 Å². The third-order valence-corrected chi connectivity index (χ3v) is 2.04. The summed E-state index contributed by atoms with van der Waals surface area (Å²) in [5.41, 5.74) is 5.14. The van der Waals surface area contributed by atoms with Crippen LogP contribution in [-0.4, -0.2) is 11.5 Å². The molecule has 0 unspecified atom stereocenters. The lowest BCUT2D eigenvalue weighted by Crippen LogP contribution is -1.92. The summed E-state index contributed by atoms with van der Waals surface area (Å²) in [5.74, 6) is 5.34. The summed E-state index contributed by atoms with van der Waals surface area (Å²) in [6.07, 6.45) is 0. The highest BCUT2D eigenvalue weighted by molar-refractivity contribution is 7.15. The lowest BCUT2D eigenvalue weighted by Gasteiger charge is -1.78. The first kappa shape index (κ1) is 8.71. The highest BCUT2D eigenvalue weighted by Gasteiger charge is 2.07. The second-order valence-corrected chi connectivity index (χ2v) is 2.96. The molecule has 0 saturated heterocycles. The predicted molar refractivity (Wildman–Crippen MR) is 46.9 cm³/mol. The highest BCUT2D eigenvalue weighted by atomic mass is 32.1. The van der Waals surface area contributed by atoms with Gasteiger partial charge < -0.3 is 5.73 Å². The Labute approximate surface area is 73.2 Å². The average Bonchev–Trinajstić information content (AvgIpc) is 2.48. The normalized spacial score (nSPS) is 8.75. The van der Waals surface area contributed by atoms with Crippen LogP contribution in [0.1, 0.15) is 4.88 Å². The zero-order valence-electron chi connectivity index (χ0n) is 6.11. The minimum atomic E-state index is -0.432. The van der Waals surface area contributed by atoms with E-state index >= 15 is 0 Å². The molecule has 4 nitrogen and oxygen atoms in total. The van der Waals surface area contributed by atoms with E-state index in [4.69, 9.17) is 5.73 Å². The van der Waals surface area contributed by atoms with Crippen molar-refractivity contribution in [3.63, 3.8) is 0 Å². The first-order valence-corrected chi connectivity index (χ1v) is 3.99. The van der Waals surface area contributed by atoms with Gasteiger partial charge in [0.2, 0.25) is 0 Å². The van der Waals surface area contributed by atoms with Crippen molar-refractivity contribution in [3.05, 3.63) is 27.1 Å². The number of nitrogens with zero attached hydrogens (tertiary/aromatic N) is 1. The standard InChI is InChI=1S/C7H6N2O2S/c8-5-1-2-6-3-4-7(12-6)9(10)11/h3-4H,5,8H2. The summed E-state index contributed by atoms with van der Waals surface area (Å²) in [6, 6.07) is 3.05. The Kier molecular flexibility index (Phi) is 2.80. The van der Waals surface area contributed by atoms with Crippen LogP contribution in [0.4, 0.5) is 5.00 Å². The van der Waals surface area contributed by atoms with E-state index in [1.54, 1.807) is 6.07 Å². The van der Waals surface area contributed by atoms with E-state index in [0.717, 1.165) is 11.3 Å². The first-order valence-electron chi connectivity index (χ1n) is 3.17. The third kappa shape index (κ3) is 2.05. The van der Waals surface area contributed by atoms with Gasteiger partial charge in [0.05, 0.1) is 16.3 Å². The molecule has 12 heavy (non-hydrogen) atoms. The Hall–Kier alpha value is -1.38. The second-order valence-electron chi connectivity index (χ2n) is 1.90. The van der Waals surface area contributed by atoms with E-state index in [-0.39, 0.29) is 11.5 Å². The van der Waals surface area contributed by atoms with E-state index in [1.165, 1.54) is 6.07 Å². The quantitative estimate of drug-likeness (QED) is 0.399. The van der Waals surface area contributed by atoms with Gasteiger partial charge in [-0.3, -0.25) is 10.1 Å². The molecule has 1 aromatic rings. The van der Waals surface area contributed by atoms with Crippen molar-refractivity contribution >= 4 is 16.3 Å². The Morgan fingerprint density at radius 1 is 1.67 bits per heavy atom. The molecule has 0 radical (unpaired) electrons. The van der Waals surface area contributed by atoms with Crippen molar-refractivity contribution in [1.29, 1.82) is 0 Å². The molecule has 0 aliphatic rings. The van der Waals surface area contributed by atoms with Crippen LogP contribution < -0.4 is 5.73 Å². The maximum Gasteiger partial charge on any atom is 0.325 e. The Balaban J connectivity index is 2.84. The van der Waals surface area contributed by atoms with Crippen LogP contribution in [0, 0.1) is 22.0 Å². The molecule has 0 atom stereocenters. The molecule has 0 amide bonds. The number of rotatable bonds is 1. The fourth-order valence-corrected chi connectivity index (χ4v) is 1.33. The lowest BCUT2D eigenvalue weighted by atomic mass is 10.4. The monoisotopic (exact) mass is 182 g/mol. The minimum absolute atomic E-state index is 0.108. The van der Waals surface area contributed by atoms with Crippen LogP contribution >= 0.6 is 11.3 Å². The van der Waals surface area contributed by atoms with Crippen molar-refractivity contribution in [1.82, 2.24) is 0 Å². The van der Waals surface area contributed by atoms with E-state index in [1.807, 2.05) is 0 Å². The topological polar surface area (TPSA) is 69.2 Å². The summed E-state index contributed by atoms with van der Waals surface area (Å²) in [4.78, 5) is 10.5. The smallest absolute Gasteiger partial charge is 0.320 e. The van der Waals surface area contributed by atoms with Gasteiger partial charge in [0.25, 0.3) is 0 Å². The van der Waals surface area contributed by atoms with E-state index < -0.39 is 4.92 Å². The zero-order chi connectivity index (χ0) is 8.97. The molecule has 1 heterocycles. The fraction of sp³-hybridized carbons (Fsp3) is 0.143. The predicted octanol–water partition coefficient (Wildman–Crippen LogP) is 0.967. The van der Waals surface area contributed by atoms with Gasteiger partial charge >= 0.3 is 5.00 Å². The molecule has 0 aromatic carbocycles. The number of hydrogen-bond acceptors (Lipinski definition) is 4. The Bertz CT molecular complexity index is 348. The van der Waals surface area contributed by atoms with Crippen molar-refractivity contribution in [3.8, 4) is 11.8 Å². The number of hydrogen-bond donors (Lipinski definition) is 1. The van der Waals surface area contributed by atoms with Gasteiger partial charge in [-0.15, -0.1) is 0 Å². The van der Waals surface area contributed by atoms with Crippen molar-refractivity contribution in [2.24, 2.45) is 5.73 Å². The summed E-state index contributed by atoms with van der Waals surface area (Å²) >= 11 is 1.05.